The first-order valence-corrected chi connectivity index (χ1v) is 10.4. The number of benzene rings is 2. The highest BCUT2D eigenvalue weighted by Gasteiger charge is 2.13. The van der Waals surface area contributed by atoms with E-state index in [9.17, 15) is 0 Å². The molecule has 3 aromatic rings. The molecule has 0 saturated carbocycles. The summed E-state index contributed by atoms with van der Waals surface area (Å²) in [4.78, 5) is 12.0. The van der Waals surface area contributed by atoms with E-state index < -0.39 is 0 Å². The predicted molar refractivity (Wildman–Crippen MR) is 119 cm³/mol. The van der Waals surface area contributed by atoms with Crippen LogP contribution in [0.4, 0.5) is 5.82 Å². The highest BCUT2D eigenvalue weighted by atomic mass is 35.5. The standard InChI is InChI=1S/C22H22Cl2N4O/c23-18-5-1-16(2-6-18)21-22(17-3-7-19(24)8-4-17)27-20(15-26-21)25-9-10-28-11-13-29-14-12-28/h1-8,15H,9-14H2,(H,25,27). The van der Waals surface area contributed by atoms with E-state index in [1.54, 1.807) is 6.20 Å². The Labute approximate surface area is 180 Å². The minimum absolute atomic E-state index is 0.689. The summed E-state index contributed by atoms with van der Waals surface area (Å²) in [5.41, 5.74) is 3.54. The van der Waals surface area contributed by atoms with E-state index in [2.05, 4.69) is 10.2 Å². The summed E-state index contributed by atoms with van der Waals surface area (Å²) < 4.78 is 5.40. The summed E-state index contributed by atoms with van der Waals surface area (Å²) in [5, 5.41) is 4.78. The van der Waals surface area contributed by atoms with Gasteiger partial charge in [0, 0.05) is 47.4 Å². The van der Waals surface area contributed by atoms with Crippen LogP contribution in [0, 0.1) is 0 Å². The van der Waals surface area contributed by atoms with Gasteiger partial charge in [-0.3, -0.25) is 9.88 Å². The number of halogens is 2. The van der Waals surface area contributed by atoms with Crippen LogP contribution in [0.5, 0.6) is 0 Å². The lowest BCUT2D eigenvalue weighted by atomic mass is 10.0. The van der Waals surface area contributed by atoms with Crippen LogP contribution in [0.1, 0.15) is 0 Å². The second-order valence-electron chi connectivity index (χ2n) is 6.85. The van der Waals surface area contributed by atoms with Gasteiger partial charge >= 0.3 is 0 Å². The molecule has 0 atom stereocenters. The monoisotopic (exact) mass is 428 g/mol. The van der Waals surface area contributed by atoms with E-state index in [-0.39, 0.29) is 0 Å². The van der Waals surface area contributed by atoms with Crippen molar-refractivity contribution in [2.24, 2.45) is 0 Å². The maximum atomic E-state index is 6.07. The maximum absolute atomic E-state index is 6.07. The third kappa shape index (κ3) is 5.25. The fourth-order valence-corrected chi connectivity index (χ4v) is 3.52. The second-order valence-corrected chi connectivity index (χ2v) is 7.72. The summed E-state index contributed by atoms with van der Waals surface area (Å²) in [7, 11) is 0. The Morgan fingerprint density at radius 2 is 1.45 bits per heavy atom. The number of rotatable bonds is 6. The van der Waals surface area contributed by atoms with Crippen LogP contribution in [-0.2, 0) is 4.74 Å². The molecular weight excluding hydrogens is 407 g/mol. The molecule has 1 saturated heterocycles. The van der Waals surface area contributed by atoms with Crippen molar-refractivity contribution < 1.29 is 4.74 Å². The smallest absolute Gasteiger partial charge is 0.145 e. The highest BCUT2D eigenvalue weighted by Crippen LogP contribution is 2.31. The van der Waals surface area contributed by atoms with Crippen LogP contribution < -0.4 is 5.32 Å². The lowest BCUT2D eigenvalue weighted by molar-refractivity contribution is 0.0398. The number of hydrogen-bond acceptors (Lipinski definition) is 5. The van der Waals surface area contributed by atoms with Crippen molar-refractivity contribution in [2.45, 2.75) is 0 Å². The third-order valence-electron chi connectivity index (χ3n) is 4.85. The molecule has 1 aromatic heterocycles. The van der Waals surface area contributed by atoms with Gasteiger partial charge in [-0.05, 0) is 24.3 Å². The maximum Gasteiger partial charge on any atom is 0.145 e. The van der Waals surface area contributed by atoms with Crippen LogP contribution in [0.15, 0.2) is 54.7 Å². The van der Waals surface area contributed by atoms with E-state index in [0.29, 0.717) is 10.0 Å². The molecule has 1 aliphatic rings. The molecule has 1 N–H and O–H groups in total. The molecule has 0 amide bonds. The lowest BCUT2D eigenvalue weighted by Gasteiger charge is -2.26. The zero-order valence-corrected chi connectivity index (χ0v) is 17.5. The van der Waals surface area contributed by atoms with E-state index >= 15 is 0 Å². The molecule has 2 aromatic carbocycles. The summed E-state index contributed by atoms with van der Waals surface area (Å²) in [6.45, 7) is 5.29. The predicted octanol–water partition coefficient (Wildman–Crippen LogP) is 4.86. The van der Waals surface area contributed by atoms with E-state index in [4.69, 9.17) is 37.9 Å². The first-order chi connectivity index (χ1) is 14.2. The Hall–Kier alpha value is -2.18. The van der Waals surface area contributed by atoms with Gasteiger partial charge in [-0.1, -0.05) is 47.5 Å². The van der Waals surface area contributed by atoms with Gasteiger partial charge in [0.15, 0.2) is 0 Å². The molecule has 0 radical (unpaired) electrons. The van der Waals surface area contributed by atoms with Crippen molar-refractivity contribution in [3.63, 3.8) is 0 Å². The Bertz CT molecular complexity index is 942. The molecule has 5 nitrogen and oxygen atoms in total. The number of ether oxygens (including phenoxy) is 1. The number of hydrogen-bond donors (Lipinski definition) is 1. The normalized spacial score (nSPS) is 14.7. The summed E-state index contributed by atoms with van der Waals surface area (Å²) >= 11 is 12.1. The zero-order valence-electron chi connectivity index (χ0n) is 15.9. The average Bonchev–Trinajstić information content (AvgIpc) is 2.76. The second kappa shape index (κ2) is 9.55. The van der Waals surface area contributed by atoms with Gasteiger partial charge in [-0.2, -0.15) is 0 Å². The molecule has 0 aliphatic carbocycles. The Balaban J connectivity index is 1.58. The molecule has 0 bridgehead atoms. The number of anilines is 1. The van der Waals surface area contributed by atoms with Gasteiger partial charge in [0.2, 0.25) is 0 Å². The van der Waals surface area contributed by atoms with E-state index in [0.717, 1.165) is 67.7 Å². The highest BCUT2D eigenvalue weighted by molar-refractivity contribution is 6.31. The number of aromatic nitrogens is 2. The minimum Gasteiger partial charge on any atom is -0.379 e. The van der Waals surface area contributed by atoms with Gasteiger partial charge in [-0.25, -0.2) is 4.98 Å². The largest absolute Gasteiger partial charge is 0.379 e. The quantitative estimate of drug-likeness (QED) is 0.607. The number of nitrogens with one attached hydrogen (secondary N) is 1. The van der Waals surface area contributed by atoms with Crippen LogP contribution in [-0.4, -0.2) is 54.3 Å². The van der Waals surface area contributed by atoms with Crippen LogP contribution in [0.3, 0.4) is 0 Å². The molecule has 0 unspecified atom stereocenters. The topological polar surface area (TPSA) is 50.3 Å². The van der Waals surface area contributed by atoms with Gasteiger partial charge < -0.3 is 10.1 Å². The summed E-state index contributed by atoms with van der Waals surface area (Å²) in [5.74, 6) is 0.751. The fourth-order valence-electron chi connectivity index (χ4n) is 3.27. The van der Waals surface area contributed by atoms with Crippen LogP contribution in [0.2, 0.25) is 10.0 Å². The molecule has 0 spiro atoms. The summed E-state index contributed by atoms with van der Waals surface area (Å²) in [6.07, 6.45) is 1.78. The number of morpholine rings is 1. The molecule has 150 valence electrons. The number of nitrogens with zero attached hydrogens (tertiary/aromatic N) is 3. The van der Waals surface area contributed by atoms with Crippen molar-refractivity contribution in [1.82, 2.24) is 14.9 Å². The lowest BCUT2D eigenvalue weighted by Crippen LogP contribution is -2.39. The van der Waals surface area contributed by atoms with Gasteiger partial charge in [0.1, 0.15) is 5.82 Å². The van der Waals surface area contributed by atoms with E-state index in [1.165, 1.54) is 0 Å². The SMILES string of the molecule is Clc1ccc(-c2ncc(NCCN3CCOCC3)nc2-c2ccc(Cl)cc2)cc1. The molecule has 7 heteroatoms. The molecule has 1 fully saturated rings. The van der Waals surface area contributed by atoms with Crippen molar-refractivity contribution in [1.29, 1.82) is 0 Å². The Morgan fingerprint density at radius 1 is 0.862 bits per heavy atom. The molecule has 29 heavy (non-hydrogen) atoms. The molecule has 4 rings (SSSR count). The van der Waals surface area contributed by atoms with Crippen LogP contribution in [0.25, 0.3) is 22.5 Å². The fraction of sp³-hybridized carbons (Fsp3) is 0.273. The Kier molecular flexibility index (Phi) is 6.62. The third-order valence-corrected chi connectivity index (χ3v) is 5.35. The zero-order chi connectivity index (χ0) is 20.1. The average molecular weight is 429 g/mol. The molecule has 1 aliphatic heterocycles. The van der Waals surface area contributed by atoms with Crippen LogP contribution >= 0.6 is 23.2 Å². The van der Waals surface area contributed by atoms with Crippen molar-refractivity contribution >= 4 is 29.0 Å². The minimum atomic E-state index is 0.689. The van der Waals surface area contributed by atoms with Gasteiger partial charge in [0.25, 0.3) is 0 Å². The molecular formula is C22H22Cl2N4O. The summed E-state index contributed by atoms with van der Waals surface area (Å²) in [6, 6.07) is 15.3. The van der Waals surface area contributed by atoms with Gasteiger partial charge in [-0.15, -0.1) is 0 Å². The Morgan fingerprint density at radius 3 is 2.07 bits per heavy atom. The first-order valence-electron chi connectivity index (χ1n) is 9.62. The van der Waals surface area contributed by atoms with Crippen molar-refractivity contribution in [3.8, 4) is 22.5 Å². The van der Waals surface area contributed by atoms with Gasteiger partial charge in [0.05, 0.1) is 30.8 Å². The molecule has 2 heterocycles. The van der Waals surface area contributed by atoms with Crippen molar-refractivity contribution in [2.75, 3.05) is 44.7 Å². The first kappa shape index (κ1) is 20.1. The van der Waals surface area contributed by atoms with Crippen molar-refractivity contribution in [3.05, 3.63) is 64.8 Å². The van der Waals surface area contributed by atoms with E-state index in [1.807, 2.05) is 48.5 Å².